The molecule has 0 saturated carbocycles. The van der Waals surface area contributed by atoms with Crippen LogP contribution in [0.3, 0.4) is 0 Å². The molecule has 2 amide bonds. The third-order valence-electron chi connectivity index (χ3n) is 1.53. The average molecular weight is 217 g/mol. The first-order chi connectivity index (χ1) is 6.97. The second-order valence-electron chi connectivity index (χ2n) is 2.88. The first kappa shape index (κ1) is 13.4. The van der Waals surface area contributed by atoms with Gasteiger partial charge in [0.15, 0.2) is 0 Å². The van der Waals surface area contributed by atoms with Gasteiger partial charge in [0.1, 0.15) is 0 Å². The van der Waals surface area contributed by atoms with Crippen LogP contribution in [0.2, 0.25) is 0 Å². The maximum Gasteiger partial charge on any atom is 0.305 e. The van der Waals surface area contributed by atoms with Crippen molar-refractivity contribution >= 4 is 17.8 Å². The highest BCUT2D eigenvalue weighted by Gasteiger charge is 2.17. The molecular formula is C8H15N3O4. The summed E-state index contributed by atoms with van der Waals surface area (Å²) in [5.74, 6) is -2.15. The summed E-state index contributed by atoms with van der Waals surface area (Å²) in [6.07, 6.45) is -0.457. The van der Waals surface area contributed by atoms with Crippen LogP contribution in [0.5, 0.6) is 0 Å². The zero-order chi connectivity index (χ0) is 11.8. The van der Waals surface area contributed by atoms with E-state index in [1.165, 1.54) is 0 Å². The van der Waals surface area contributed by atoms with Crippen LogP contribution in [0.1, 0.15) is 13.3 Å². The molecule has 7 heteroatoms. The minimum absolute atomic E-state index is 0.194. The molecule has 7 nitrogen and oxygen atoms in total. The Hall–Kier alpha value is -1.63. The second-order valence-corrected chi connectivity index (χ2v) is 2.88. The van der Waals surface area contributed by atoms with Crippen LogP contribution in [-0.2, 0) is 14.4 Å². The lowest BCUT2D eigenvalue weighted by molar-refractivity contribution is -0.139. The van der Waals surface area contributed by atoms with Crippen molar-refractivity contribution in [3.8, 4) is 0 Å². The molecule has 86 valence electrons. The number of carbonyl (C=O) groups excluding carboxylic acids is 2. The average Bonchev–Trinajstić information content (AvgIpc) is 2.13. The molecule has 0 aromatic heterocycles. The number of likely N-dealkylation sites (N-methyl/N-ethyl adjacent to an activating group) is 1. The lowest BCUT2D eigenvalue weighted by atomic mass is 10.2. The van der Waals surface area contributed by atoms with Gasteiger partial charge in [0.05, 0.1) is 19.0 Å². The molecule has 0 rings (SSSR count). The summed E-state index contributed by atoms with van der Waals surface area (Å²) in [6.45, 7) is 2.02. The van der Waals surface area contributed by atoms with E-state index in [1.54, 1.807) is 6.92 Å². The molecule has 0 bridgehead atoms. The standard InChI is InChI=1S/C8H15N3O4/c1-2-10-6(12)4-11-8(15)5(9)3-7(13)14/h5H,2-4,9H2,1H3,(H,10,12)(H,11,15)(H,13,14). The van der Waals surface area contributed by atoms with Gasteiger partial charge in [0, 0.05) is 6.54 Å². The molecule has 5 N–H and O–H groups in total. The predicted octanol–water partition coefficient (Wildman–Crippen LogP) is -1.96. The van der Waals surface area contributed by atoms with Crippen LogP contribution >= 0.6 is 0 Å². The van der Waals surface area contributed by atoms with Crippen molar-refractivity contribution in [2.75, 3.05) is 13.1 Å². The van der Waals surface area contributed by atoms with Gasteiger partial charge in [0.2, 0.25) is 11.8 Å². The summed E-state index contributed by atoms with van der Waals surface area (Å²) in [6, 6.07) is -1.13. The fourth-order valence-corrected chi connectivity index (χ4v) is 0.839. The number of hydrogen-bond donors (Lipinski definition) is 4. The Balaban J connectivity index is 3.82. The minimum Gasteiger partial charge on any atom is -0.481 e. The topological polar surface area (TPSA) is 122 Å². The summed E-state index contributed by atoms with van der Waals surface area (Å²) in [5.41, 5.74) is 5.25. The van der Waals surface area contributed by atoms with E-state index in [1.807, 2.05) is 0 Å². The zero-order valence-corrected chi connectivity index (χ0v) is 8.45. The van der Waals surface area contributed by atoms with Crippen LogP contribution < -0.4 is 16.4 Å². The van der Waals surface area contributed by atoms with E-state index < -0.39 is 24.3 Å². The van der Waals surface area contributed by atoms with Crippen LogP contribution in [0, 0.1) is 0 Å². The van der Waals surface area contributed by atoms with E-state index in [4.69, 9.17) is 10.8 Å². The first-order valence-electron chi connectivity index (χ1n) is 4.49. The summed E-state index contributed by atoms with van der Waals surface area (Å²) in [7, 11) is 0. The molecule has 0 aliphatic heterocycles. The normalized spacial score (nSPS) is 11.6. The Morgan fingerprint density at radius 2 is 1.93 bits per heavy atom. The van der Waals surface area contributed by atoms with E-state index in [-0.39, 0.29) is 12.5 Å². The molecule has 0 heterocycles. The molecule has 15 heavy (non-hydrogen) atoms. The van der Waals surface area contributed by atoms with Crippen molar-refractivity contribution in [3.05, 3.63) is 0 Å². The Labute approximate surface area is 87.0 Å². The molecule has 0 aliphatic carbocycles. The van der Waals surface area contributed by atoms with Gasteiger partial charge >= 0.3 is 5.97 Å². The molecule has 0 saturated heterocycles. The van der Waals surface area contributed by atoms with Gasteiger partial charge in [-0.1, -0.05) is 0 Å². The van der Waals surface area contributed by atoms with Crippen molar-refractivity contribution in [1.29, 1.82) is 0 Å². The van der Waals surface area contributed by atoms with Crippen molar-refractivity contribution in [2.24, 2.45) is 5.73 Å². The number of carboxylic acids is 1. The monoisotopic (exact) mass is 217 g/mol. The molecule has 1 atom stereocenters. The number of hydrogen-bond acceptors (Lipinski definition) is 4. The van der Waals surface area contributed by atoms with Gasteiger partial charge in [-0.2, -0.15) is 0 Å². The molecule has 0 aliphatic rings. The highest BCUT2D eigenvalue weighted by molar-refractivity contribution is 5.89. The van der Waals surface area contributed by atoms with E-state index in [2.05, 4.69) is 10.6 Å². The maximum absolute atomic E-state index is 11.1. The summed E-state index contributed by atoms with van der Waals surface area (Å²) >= 11 is 0. The lowest BCUT2D eigenvalue weighted by Gasteiger charge is -2.09. The quantitative estimate of drug-likeness (QED) is 0.411. The Bertz CT molecular complexity index is 254. The summed E-state index contributed by atoms with van der Waals surface area (Å²) in [4.78, 5) is 32.2. The zero-order valence-electron chi connectivity index (χ0n) is 8.45. The molecule has 0 radical (unpaired) electrons. The largest absolute Gasteiger partial charge is 0.481 e. The van der Waals surface area contributed by atoms with Crippen molar-refractivity contribution in [3.63, 3.8) is 0 Å². The van der Waals surface area contributed by atoms with Gasteiger partial charge in [-0.05, 0) is 6.92 Å². The number of amides is 2. The van der Waals surface area contributed by atoms with Gasteiger partial charge < -0.3 is 21.5 Å². The number of nitrogens with one attached hydrogen (secondary N) is 2. The van der Waals surface area contributed by atoms with Gasteiger partial charge in [-0.15, -0.1) is 0 Å². The Morgan fingerprint density at radius 1 is 1.33 bits per heavy atom. The van der Waals surface area contributed by atoms with Crippen molar-refractivity contribution in [2.45, 2.75) is 19.4 Å². The van der Waals surface area contributed by atoms with Crippen LogP contribution in [-0.4, -0.2) is 42.0 Å². The number of aliphatic carboxylic acids is 1. The molecule has 0 aromatic carbocycles. The molecule has 0 aromatic rings. The maximum atomic E-state index is 11.1. The van der Waals surface area contributed by atoms with Crippen molar-refractivity contribution < 1.29 is 19.5 Å². The number of carbonyl (C=O) groups is 3. The Morgan fingerprint density at radius 3 is 2.40 bits per heavy atom. The fraction of sp³-hybridized carbons (Fsp3) is 0.625. The number of carboxylic acid groups (broad SMARTS) is 1. The van der Waals surface area contributed by atoms with E-state index in [9.17, 15) is 14.4 Å². The molecule has 0 spiro atoms. The van der Waals surface area contributed by atoms with Gasteiger partial charge in [-0.3, -0.25) is 14.4 Å². The smallest absolute Gasteiger partial charge is 0.305 e. The highest BCUT2D eigenvalue weighted by Crippen LogP contribution is 1.87. The third-order valence-corrected chi connectivity index (χ3v) is 1.53. The van der Waals surface area contributed by atoms with E-state index in [0.29, 0.717) is 6.54 Å². The van der Waals surface area contributed by atoms with E-state index >= 15 is 0 Å². The number of nitrogens with two attached hydrogens (primary N) is 1. The highest BCUT2D eigenvalue weighted by atomic mass is 16.4. The molecule has 0 fully saturated rings. The SMILES string of the molecule is CCNC(=O)CNC(=O)C(N)CC(=O)O. The van der Waals surface area contributed by atoms with Gasteiger partial charge in [0.25, 0.3) is 0 Å². The Kier molecular flexibility index (Phi) is 6.03. The third kappa shape index (κ3) is 6.44. The van der Waals surface area contributed by atoms with Gasteiger partial charge in [-0.25, -0.2) is 0 Å². The molecular weight excluding hydrogens is 202 g/mol. The fourth-order valence-electron chi connectivity index (χ4n) is 0.839. The summed E-state index contributed by atoms with van der Waals surface area (Å²) in [5, 5.41) is 13.1. The molecule has 1 unspecified atom stereocenters. The van der Waals surface area contributed by atoms with Crippen LogP contribution in [0.15, 0.2) is 0 Å². The predicted molar refractivity (Wildman–Crippen MR) is 51.9 cm³/mol. The van der Waals surface area contributed by atoms with Crippen LogP contribution in [0.4, 0.5) is 0 Å². The van der Waals surface area contributed by atoms with E-state index in [0.717, 1.165) is 0 Å². The summed E-state index contributed by atoms with van der Waals surface area (Å²) < 4.78 is 0. The first-order valence-corrected chi connectivity index (χ1v) is 4.49. The lowest BCUT2D eigenvalue weighted by Crippen LogP contribution is -2.45. The van der Waals surface area contributed by atoms with Crippen molar-refractivity contribution in [1.82, 2.24) is 10.6 Å². The number of rotatable bonds is 6. The van der Waals surface area contributed by atoms with Crippen LogP contribution in [0.25, 0.3) is 0 Å². The second kappa shape index (κ2) is 6.77. The minimum atomic E-state index is -1.16.